The Balaban J connectivity index is 1.41. The Morgan fingerprint density at radius 3 is 2.47 bits per heavy atom. The van der Waals surface area contributed by atoms with Gasteiger partial charge < -0.3 is 10.2 Å². The van der Waals surface area contributed by atoms with Crippen LogP contribution in [0.2, 0.25) is 0 Å². The molecule has 1 aromatic carbocycles. The number of hydrogen-bond acceptors (Lipinski definition) is 5. The van der Waals surface area contributed by atoms with E-state index in [1.54, 1.807) is 35.4 Å². The molecular weight excluding hydrogens is 442 g/mol. The quantitative estimate of drug-likeness (QED) is 0.575. The van der Waals surface area contributed by atoms with Crippen LogP contribution in [0.1, 0.15) is 38.3 Å². The van der Waals surface area contributed by atoms with E-state index >= 15 is 0 Å². The molecular formula is C24H26F2N6O2. The molecule has 0 saturated carbocycles. The van der Waals surface area contributed by atoms with Gasteiger partial charge in [-0.2, -0.15) is 0 Å². The van der Waals surface area contributed by atoms with Gasteiger partial charge in [-0.05, 0) is 29.9 Å². The first-order valence-corrected chi connectivity index (χ1v) is 11.2. The summed E-state index contributed by atoms with van der Waals surface area (Å²) in [4.78, 5) is 31.4. The number of amides is 2. The third-order valence-corrected chi connectivity index (χ3v) is 6.01. The van der Waals surface area contributed by atoms with Crippen LogP contribution in [0.5, 0.6) is 0 Å². The summed E-state index contributed by atoms with van der Waals surface area (Å²) in [7, 11) is 0. The Labute approximate surface area is 196 Å². The number of carbonyl (C=O) groups is 2. The lowest BCUT2D eigenvalue weighted by atomic mass is 10.0. The lowest BCUT2D eigenvalue weighted by Gasteiger charge is -2.29. The lowest BCUT2D eigenvalue weighted by Crippen LogP contribution is -2.48. The zero-order valence-corrected chi connectivity index (χ0v) is 19.0. The molecule has 0 aliphatic carbocycles. The summed E-state index contributed by atoms with van der Waals surface area (Å²) in [6, 6.07) is 5.51. The molecule has 8 nitrogen and oxygen atoms in total. The summed E-state index contributed by atoms with van der Waals surface area (Å²) in [5.74, 6) is -1.88. The maximum absolute atomic E-state index is 14.0. The largest absolute Gasteiger partial charge is 0.350 e. The lowest BCUT2D eigenvalue weighted by molar-refractivity contribution is -0.142. The molecule has 0 bridgehead atoms. The van der Waals surface area contributed by atoms with Crippen LogP contribution in [0.3, 0.4) is 0 Å². The molecule has 2 aromatic heterocycles. The minimum atomic E-state index is -0.738. The number of nitrogens with zero attached hydrogens (tertiary/aromatic N) is 5. The molecule has 2 atom stereocenters. The number of rotatable bonds is 7. The van der Waals surface area contributed by atoms with Crippen LogP contribution in [0, 0.1) is 17.6 Å². The van der Waals surface area contributed by atoms with Crippen molar-refractivity contribution in [3.8, 4) is 11.1 Å². The van der Waals surface area contributed by atoms with E-state index in [9.17, 15) is 18.4 Å². The van der Waals surface area contributed by atoms with Gasteiger partial charge in [0.15, 0.2) is 11.6 Å². The fourth-order valence-electron chi connectivity index (χ4n) is 4.33. The topological polar surface area (TPSA) is 93.0 Å². The van der Waals surface area contributed by atoms with E-state index in [-0.39, 0.29) is 29.8 Å². The monoisotopic (exact) mass is 468 g/mol. The van der Waals surface area contributed by atoms with Gasteiger partial charge in [0, 0.05) is 19.3 Å². The maximum atomic E-state index is 14.0. The van der Waals surface area contributed by atoms with E-state index in [1.807, 2.05) is 13.8 Å². The van der Waals surface area contributed by atoms with Gasteiger partial charge in [-0.1, -0.05) is 43.3 Å². The van der Waals surface area contributed by atoms with Crippen molar-refractivity contribution in [2.75, 3.05) is 6.54 Å². The number of likely N-dealkylation sites (tertiary alicyclic amines) is 1. The van der Waals surface area contributed by atoms with E-state index < -0.39 is 23.7 Å². The number of carbonyl (C=O) groups excluding carboxylic acids is 2. The molecule has 1 aliphatic heterocycles. The smallest absolute Gasteiger partial charge is 0.248 e. The van der Waals surface area contributed by atoms with Crippen molar-refractivity contribution >= 4 is 11.8 Å². The number of pyridine rings is 1. The second-order valence-corrected chi connectivity index (χ2v) is 8.65. The first-order valence-electron chi connectivity index (χ1n) is 11.2. The maximum Gasteiger partial charge on any atom is 0.248 e. The Hall–Kier alpha value is -3.69. The highest BCUT2D eigenvalue weighted by atomic mass is 19.1. The second-order valence-electron chi connectivity index (χ2n) is 8.65. The standard InChI is InChI=1S/C24H26F2N6O2/c1-15(2)22(32-11-9-29-30-32)24(34)31-10-3-4-20(31)23(33)28-12-16-5-7-17(8-6-16)21-18(25)13-27-14-19(21)26/h5-9,11,13-15,20,22H,3-4,10,12H2,1-2H3,(H,28,33). The Kier molecular flexibility index (Phi) is 6.95. The average molecular weight is 469 g/mol. The van der Waals surface area contributed by atoms with Crippen molar-refractivity contribution in [1.29, 1.82) is 0 Å². The molecule has 10 heteroatoms. The average Bonchev–Trinajstić information content (AvgIpc) is 3.50. The normalized spacial score (nSPS) is 16.6. The molecule has 2 amide bonds. The van der Waals surface area contributed by atoms with Crippen LogP contribution in [0.25, 0.3) is 11.1 Å². The number of hydrogen-bond donors (Lipinski definition) is 1. The van der Waals surface area contributed by atoms with Crippen molar-refractivity contribution in [2.45, 2.75) is 45.3 Å². The third kappa shape index (κ3) is 4.80. The molecule has 4 rings (SSSR count). The highest BCUT2D eigenvalue weighted by Crippen LogP contribution is 2.27. The van der Waals surface area contributed by atoms with Crippen molar-refractivity contribution < 1.29 is 18.4 Å². The summed E-state index contributed by atoms with van der Waals surface area (Å²) in [5, 5.41) is 10.7. The van der Waals surface area contributed by atoms with Crippen molar-refractivity contribution in [3.63, 3.8) is 0 Å². The van der Waals surface area contributed by atoms with E-state index in [0.29, 0.717) is 18.5 Å². The van der Waals surface area contributed by atoms with Crippen LogP contribution in [-0.4, -0.2) is 49.3 Å². The van der Waals surface area contributed by atoms with Gasteiger partial charge >= 0.3 is 0 Å². The van der Waals surface area contributed by atoms with Crippen LogP contribution in [0.15, 0.2) is 49.1 Å². The summed E-state index contributed by atoms with van der Waals surface area (Å²) in [5.41, 5.74) is 1.01. The molecule has 34 heavy (non-hydrogen) atoms. The first kappa shape index (κ1) is 23.5. The van der Waals surface area contributed by atoms with Crippen LogP contribution in [0.4, 0.5) is 8.78 Å². The molecule has 1 N–H and O–H groups in total. The van der Waals surface area contributed by atoms with E-state index in [2.05, 4.69) is 20.6 Å². The SMILES string of the molecule is CC(C)C(C(=O)N1CCCC1C(=O)NCc1ccc(-c2c(F)cncc2F)cc1)n1ccnn1. The fourth-order valence-corrected chi connectivity index (χ4v) is 4.33. The zero-order valence-electron chi connectivity index (χ0n) is 19.0. The Bertz CT molecular complexity index is 1130. The van der Waals surface area contributed by atoms with Crippen molar-refractivity contribution in [2.24, 2.45) is 5.92 Å². The van der Waals surface area contributed by atoms with Gasteiger partial charge in [-0.15, -0.1) is 5.10 Å². The number of aromatic nitrogens is 4. The van der Waals surface area contributed by atoms with Crippen LogP contribution in [-0.2, 0) is 16.1 Å². The fraction of sp³-hybridized carbons (Fsp3) is 0.375. The highest BCUT2D eigenvalue weighted by Gasteiger charge is 2.39. The molecule has 1 fully saturated rings. The molecule has 3 heterocycles. The van der Waals surface area contributed by atoms with Crippen molar-refractivity contribution in [3.05, 3.63) is 66.3 Å². The summed E-state index contributed by atoms with van der Waals surface area (Å²) < 4.78 is 29.5. The zero-order chi connectivity index (χ0) is 24.2. The number of benzene rings is 1. The Morgan fingerprint density at radius 2 is 1.85 bits per heavy atom. The van der Waals surface area contributed by atoms with Gasteiger partial charge in [-0.25, -0.2) is 13.5 Å². The minimum absolute atomic E-state index is 0.0212. The molecule has 2 unspecified atom stereocenters. The van der Waals surface area contributed by atoms with Crippen LogP contribution < -0.4 is 5.32 Å². The predicted octanol–water partition coefficient (Wildman–Crippen LogP) is 3.12. The molecule has 3 aromatic rings. The molecule has 0 radical (unpaired) electrons. The highest BCUT2D eigenvalue weighted by molar-refractivity contribution is 5.89. The van der Waals surface area contributed by atoms with Gasteiger partial charge in [-0.3, -0.25) is 14.6 Å². The predicted molar refractivity (Wildman–Crippen MR) is 120 cm³/mol. The molecule has 1 saturated heterocycles. The van der Waals surface area contributed by atoms with E-state index in [0.717, 1.165) is 24.4 Å². The molecule has 178 valence electrons. The van der Waals surface area contributed by atoms with Gasteiger partial charge in [0.25, 0.3) is 0 Å². The summed E-state index contributed by atoms with van der Waals surface area (Å²) in [6.45, 7) is 4.60. The summed E-state index contributed by atoms with van der Waals surface area (Å²) in [6.07, 6.45) is 6.44. The number of halogens is 2. The van der Waals surface area contributed by atoms with E-state index in [4.69, 9.17) is 0 Å². The van der Waals surface area contributed by atoms with Gasteiger partial charge in [0.05, 0.1) is 24.2 Å². The summed E-state index contributed by atoms with van der Waals surface area (Å²) >= 11 is 0. The molecule has 0 spiro atoms. The minimum Gasteiger partial charge on any atom is -0.350 e. The third-order valence-electron chi connectivity index (χ3n) is 6.01. The Morgan fingerprint density at radius 1 is 1.15 bits per heavy atom. The van der Waals surface area contributed by atoms with Gasteiger partial charge in [0.1, 0.15) is 12.1 Å². The van der Waals surface area contributed by atoms with E-state index in [1.165, 1.54) is 10.9 Å². The first-order chi connectivity index (χ1) is 16.4. The second kappa shape index (κ2) is 10.1. The van der Waals surface area contributed by atoms with Crippen molar-refractivity contribution in [1.82, 2.24) is 30.2 Å². The van der Waals surface area contributed by atoms with Gasteiger partial charge in [0.2, 0.25) is 11.8 Å². The van der Waals surface area contributed by atoms with Crippen LogP contribution >= 0.6 is 0 Å². The molecule has 1 aliphatic rings. The number of nitrogens with one attached hydrogen (secondary N) is 1.